The van der Waals surface area contributed by atoms with Gasteiger partial charge in [-0.3, -0.25) is 9.13 Å². The van der Waals surface area contributed by atoms with Crippen LogP contribution in [-0.2, 0) is 30.5 Å². The highest BCUT2D eigenvalue weighted by atomic mass is 32.2. The summed E-state index contributed by atoms with van der Waals surface area (Å²) in [5.74, 6) is 0. The fourth-order valence-corrected chi connectivity index (χ4v) is 5.05. The fraction of sp³-hybridized carbons (Fsp3) is 0.316. The van der Waals surface area contributed by atoms with Crippen LogP contribution in [0.3, 0.4) is 0 Å². The Bertz CT molecular complexity index is 1160. The summed E-state index contributed by atoms with van der Waals surface area (Å²) in [4.78, 5) is 12.2. The van der Waals surface area contributed by atoms with Gasteiger partial charge in [0.25, 0.3) is 0 Å². The van der Waals surface area contributed by atoms with Crippen LogP contribution in [0.25, 0.3) is 11.0 Å². The van der Waals surface area contributed by atoms with Gasteiger partial charge in [-0.1, -0.05) is 24.3 Å². The van der Waals surface area contributed by atoms with Crippen LogP contribution in [0.2, 0.25) is 0 Å². The number of sulfonamides is 1. The Morgan fingerprint density at radius 2 is 1.77 bits per heavy atom. The number of aryl methyl sites for hydroxylation is 3. The molecule has 1 aromatic heterocycles. The van der Waals surface area contributed by atoms with Crippen LogP contribution in [0.5, 0.6) is 0 Å². The second-order valence-corrected chi connectivity index (χ2v) is 8.53. The van der Waals surface area contributed by atoms with Gasteiger partial charge in [0.1, 0.15) is 0 Å². The van der Waals surface area contributed by atoms with Crippen molar-refractivity contribution >= 4 is 21.1 Å². The highest BCUT2D eigenvalue weighted by Gasteiger charge is 2.26. The summed E-state index contributed by atoms with van der Waals surface area (Å²) in [6.45, 7) is 0. The van der Waals surface area contributed by atoms with Gasteiger partial charge in [0, 0.05) is 20.1 Å². The zero-order valence-electron chi connectivity index (χ0n) is 14.8. The summed E-state index contributed by atoms with van der Waals surface area (Å²) in [5.41, 5.74) is 3.38. The van der Waals surface area contributed by atoms with E-state index < -0.39 is 10.0 Å². The van der Waals surface area contributed by atoms with Crippen LogP contribution in [0.1, 0.15) is 30.0 Å². The zero-order chi connectivity index (χ0) is 18.5. The predicted octanol–water partition coefficient (Wildman–Crippen LogP) is 2.23. The Morgan fingerprint density at radius 3 is 2.58 bits per heavy atom. The van der Waals surface area contributed by atoms with Crippen molar-refractivity contribution in [3.05, 3.63) is 64.1 Å². The molecule has 26 heavy (non-hydrogen) atoms. The van der Waals surface area contributed by atoms with Crippen LogP contribution >= 0.6 is 0 Å². The number of rotatable bonds is 3. The van der Waals surface area contributed by atoms with Gasteiger partial charge >= 0.3 is 5.69 Å². The molecule has 0 amide bonds. The average molecular weight is 371 g/mol. The van der Waals surface area contributed by atoms with Gasteiger partial charge in [0.05, 0.1) is 15.9 Å². The molecule has 0 fully saturated rings. The van der Waals surface area contributed by atoms with Crippen molar-refractivity contribution in [3.63, 3.8) is 0 Å². The summed E-state index contributed by atoms with van der Waals surface area (Å²) in [5, 5.41) is 0. The van der Waals surface area contributed by atoms with E-state index in [2.05, 4.69) is 10.8 Å². The monoisotopic (exact) mass is 371 g/mol. The molecule has 1 aliphatic carbocycles. The molecule has 0 radical (unpaired) electrons. The maximum absolute atomic E-state index is 13.0. The van der Waals surface area contributed by atoms with Crippen LogP contribution in [0, 0.1) is 0 Å². The molecule has 1 N–H and O–H groups in total. The molecule has 136 valence electrons. The van der Waals surface area contributed by atoms with Crippen molar-refractivity contribution in [1.82, 2.24) is 13.9 Å². The lowest BCUT2D eigenvalue weighted by molar-refractivity contribution is 0.507. The molecule has 1 unspecified atom stereocenters. The Balaban J connectivity index is 1.73. The number of imidazole rings is 1. The normalized spacial score (nSPS) is 17.4. The van der Waals surface area contributed by atoms with Crippen LogP contribution in [-0.4, -0.2) is 17.6 Å². The topological polar surface area (TPSA) is 73.1 Å². The first-order valence-corrected chi connectivity index (χ1v) is 10.1. The number of nitrogens with one attached hydrogen (secondary N) is 1. The molecule has 0 saturated heterocycles. The van der Waals surface area contributed by atoms with E-state index in [-0.39, 0.29) is 16.6 Å². The number of fused-ring (bicyclic) bond motifs is 2. The van der Waals surface area contributed by atoms with Crippen molar-refractivity contribution in [2.24, 2.45) is 14.1 Å². The summed E-state index contributed by atoms with van der Waals surface area (Å²) < 4.78 is 31.7. The third kappa shape index (κ3) is 2.68. The minimum atomic E-state index is -3.69. The van der Waals surface area contributed by atoms with Gasteiger partial charge in [0.2, 0.25) is 10.0 Å². The molecular weight excluding hydrogens is 350 g/mol. The lowest BCUT2D eigenvalue weighted by atomic mass is 9.88. The van der Waals surface area contributed by atoms with Gasteiger partial charge in [-0.25, -0.2) is 17.9 Å². The second kappa shape index (κ2) is 6.10. The van der Waals surface area contributed by atoms with E-state index in [4.69, 9.17) is 0 Å². The zero-order valence-corrected chi connectivity index (χ0v) is 15.6. The summed E-state index contributed by atoms with van der Waals surface area (Å²) in [6.07, 6.45) is 2.71. The number of nitrogens with zero attached hydrogens (tertiary/aromatic N) is 2. The van der Waals surface area contributed by atoms with Crippen molar-refractivity contribution < 1.29 is 8.42 Å². The van der Waals surface area contributed by atoms with Crippen LogP contribution in [0.4, 0.5) is 0 Å². The second-order valence-electron chi connectivity index (χ2n) is 6.82. The minimum absolute atomic E-state index is 0.175. The van der Waals surface area contributed by atoms with Gasteiger partial charge < -0.3 is 0 Å². The number of aromatic nitrogens is 2. The third-order valence-electron chi connectivity index (χ3n) is 5.22. The average Bonchev–Trinajstić information content (AvgIpc) is 2.86. The molecule has 0 saturated carbocycles. The van der Waals surface area contributed by atoms with Crippen molar-refractivity contribution in [2.75, 3.05) is 0 Å². The smallest absolute Gasteiger partial charge is 0.295 e. The predicted molar refractivity (Wildman–Crippen MR) is 101 cm³/mol. The molecule has 0 aliphatic heterocycles. The van der Waals surface area contributed by atoms with Crippen LogP contribution < -0.4 is 10.4 Å². The largest absolute Gasteiger partial charge is 0.328 e. The van der Waals surface area contributed by atoms with Crippen molar-refractivity contribution in [3.8, 4) is 0 Å². The molecule has 4 rings (SSSR count). The third-order valence-corrected chi connectivity index (χ3v) is 6.69. The molecule has 0 bridgehead atoms. The Morgan fingerprint density at radius 1 is 1.04 bits per heavy atom. The molecule has 1 heterocycles. The number of hydrogen-bond donors (Lipinski definition) is 1. The molecule has 2 aromatic carbocycles. The minimum Gasteiger partial charge on any atom is -0.295 e. The van der Waals surface area contributed by atoms with E-state index in [1.807, 2.05) is 18.2 Å². The van der Waals surface area contributed by atoms with E-state index in [0.717, 1.165) is 24.8 Å². The number of hydrogen-bond acceptors (Lipinski definition) is 3. The van der Waals surface area contributed by atoms with Gasteiger partial charge in [-0.2, -0.15) is 0 Å². The molecule has 3 aromatic rings. The SMILES string of the molecule is Cn1c(=O)n(C)c2cc(S(=O)(=O)NC3CCCc4ccccc43)ccc21. The molecule has 7 heteroatoms. The van der Waals surface area contributed by atoms with E-state index in [1.165, 1.54) is 14.7 Å². The first-order chi connectivity index (χ1) is 12.4. The highest BCUT2D eigenvalue weighted by molar-refractivity contribution is 7.89. The first-order valence-electron chi connectivity index (χ1n) is 8.64. The van der Waals surface area contributed by atoms with E-state index >= 15 is 0 Å². The van der Waals surface area contributed by atoms with Crippen LogP contribution in [0.15, 0.2) is 52.2 Å². The Kier molecular flexibility index (Phi) is 4.00. The van der Waals surface area contributed by atoms with Crippen molar-refractivity contribution in [2.45, 2.75) is 30.2 Å². The van der Waals surface area contributed by atoms with Gasteiger partial charge in [-0.15, -0.1) is 0 Å². The summed E-state index contributed by atoms with van der Waals surface area (Å²) >= 11 is 0. The van der Waals surface area contributed by atoms with Gasteiger partial charge in [-0.05, 0) is 48.6 Å². The summed E-state index contributed by atoms with van der Waals surface area (Å²) in [6, 6.07) is 12.6. The molecule has 1 aliphatic rings. The standard InChI is InChI=1S/C19H21N3O3S/c1-21-17-11-10-14(12-18(17)22(2)19(21)23)26(24,25)20-16-9-5-7-13-6-3-4-8-15(13)16/h3-4,6,8,10-12,16,20H,5,7,9H2,1-2H3. The van der Waals surface area contributed by atoms with E-state index in [9.17, 15) is 13.2 Å². The molecule has 0 spiro atoms. The highest BCUT2D eigenvalue weighted by Crippen LogP contribution is 2.31. The van der Waals surface area contributed by atoms with Crippen molar-refractivity contribution in [1.29, 1.82) is 0 Å². The molecule has 6 nitrogen and oxygen atoms in total. The quantitative estimate of drug-likeness (QED) is 0.767. The van der Waals surface area contributed by atoms with E-state index in [1.54, 1.807) is 32.3 Å². The Hall–Kier alpha value is -2.38. The lowest BCUT2D eigenvalue weighted by Crippen LogP contribution is -2.31. The Labute approximate surface area is 152 Å². The fourth-order valence-electron chi connectivity index (χ4n) is 3.79. The lowest BCUT2D eigenvalue weighted by Gasteiger charge is -2.26. The number of benzene rings is 2. The van der Waals surface area contributed by atoms with Gasteiger partial charge in [0.15, 0.2) is 0 Å². The molecular formula is C19H21N3O3S. The molecule has 1 atom stereocenters. The summed E-state index contributed by atoms with van der Waals surface area (Å²) in [7, 11) is -0.368. The maximum Gasteiger partial charge on any atom is 0.328 e. The maximum atomic E-state index is 13.0. The first kappa shape index (κ1) is 17.1. The van der Waals surface area contributed by atoms with E-state index in [0.29, 0.717) is 11.0 Å².